The number of anilines is 2. The van der Waals surface area contributed by atoms with Gasteiger partial charge in [-0.15, -0.1) is 0 Å². The molecule has 4 nitrogen and oxygen atoms in total. The maximum Gasteiger partial charge on any atom is 0.282 e. The first-order valence-electron chi connectivity index (χ1n) is 10.4. The summed E-state index contributed by atoms with van der Waals surface area (Å²) in [6.07, 6.45) is 1.83. The van der Waals surface area contributed by atoms with Gasteiger partial charge in [-0.2, -0.15) is 0 Å². The fourth-order valence-electron chi connectivity index (χ4n) is 3.68. The molecule has 0 bridgehead atoms. The Morgan fingerprint density at radius 2 is 1.55 bits per heavy atom. The van der Waals surface area contributed by atoms with Crippen LogP contribution in [0.1, 0.15) is 25.0 Å². The van der Waals surface area contributed by atoms with Crippen molar-refractivity contribution >= 4 is 40.8 Å². The Morgan fingerprint density at radius 3 is 2.19 bits per heavy atom. The Balaban J connectivity index is 1.74. The fourth-order valence-corrected chi connectivity index (χ4v) is 3.90. The number of halogens is 1. The molecule has 4 rings (SSSR count). The molecule has 0 atom stereocenters. The Labute approximate surface area is 188 Å². The molecular weight excluding hydrogens is 406 g/mol. The summed E-state index contributed by atoms with van der Waals surface area (Å²) >= 11 is 6.43. The van der Waals surface area contributed by atoms with Gasteiger partial charge in [0.15, 0.2) is 0 Å². The summed E-state index contributed by atoms with van der Waals surface area (Å²) < 4.78 is 0. The first kappa shape index (κ1) is 20.9. The molecule has 3 aromatic carbocycles. The van der Waals surface area contributed by atoms with Crippen LogP contribution in [0, 0.1) is 0 Å². The molecule has 0 aliphatic carbocycles. The Hall–Kier alpha value is -3.37. The summed E-state index contributed by atoms with van der Waals surface area (Å²) in [7, 11) is 0. The third-order valence-electron chi connectivity index (χ3n) is 5.31. The quantitative estimate of drug-likeness (QED) is 0.449. The fraction of sp³-hybridized carbons (Fsp3) is 0.154. The number of amides is 1. The second-order valence-corrected chi connectivity index (χ2v) is 7.59. The van der Waals surface area contributed by atoms with Crippen molar-refractivity contribution in [3.05, 3.63) is 101 Å². The summed E-state index contributed by atoms with van der Waals surface area (Å²) in [4.78, 5) is 22.0. The second-order valence-electron chi connectivity index (χ2n) is 7.19. The van der Waals surface area contributed by atoms with Crippen LogP contribution in [0.4, 0.5) is 11.4 Å². The van der Waals surface area contributed by atoms with E-state index >= 15 is 0 Å². The van der Waals surface area contributed by atoms with Crippen LogP contribution in [-0.4, -0.2) is 24.8 Å². The number of rotatable bonds is 6. The zero-order valence-corrected chi connectivity index (χ0v) is 18.4. The van der Waals surface area contributed by atoms with Gasteiger partial charge in [0, 0.05) is 24.3 Å². The highest BCUT2D eigenvalue weighted by molar-refractivity contribution is 6.39. The molecule has 0 aromatic heterocycles. The molecule has 0 N–H and O–H groups in total. The maximum atomic E-state index is 13.4. The van der Waals surface area contributed by atoms with Gasteiger partial charge in [0.05, 0.1) is 10.7 Å². The van der Waals surface area contributed by atoms with Crippen molar-refractivity contribution in [2.45, 2.75) is 13.8 Å². The average Bonchev–Trinajstić information content (AvgIpc) is 3.12. The van der Waals surface area contributed by atoms with Gasteiger partial charge >= 0.3 is 0 Å². The van der Waals surface area contributed by atoms with Crippen molar-refractivity contribution in [1.29, 1.82) is 0 Å². The zero-order valence-electron chi connectivity index (χ0n) is 17.6. The molecule has 1 amide bonds. The standard InChI is InChI=1S/C26H24ClN3O/c1-3-29(4-2)21-16-14-19(15-17-21)18-23-26(31)30(24-13-9-8-12-22(24)27)25(28-23)20-10-6-5-7-11-20/h5-18H,3-4H2,1-2H3/b23-18+. The molecule has 156 valence electrons. The van der Waals surface area contributed by atoms with E-state index in [1.54, 1.807) is 11.0 Å². The molecule has 3 aromatic rings. The lowest BCUT2D eigenvalue weighted by atomic mass is 10.1. The van der Waals surface area contributed by atoms with E-state index in [0.717, 1.165) is 29.9 Å². The van der Waals surface area contributed by atoms with Crippen LogP contribution in [0.2, 0.25) is 5.02 Å². The monoisotopic (exact) mass is 429 g/mol. The first-order chi connectivity index (χ1) is 15.1. The van der Waals surface area contributed by atoms with E-state index in [4.69, 9.17) is 16.6 Å². The van der Waals surface area contributed by atoms with Gasteiger partial charge in [-0.1, -0.05) is 66.2 Å². The molecule has 31 heavy (non-hydrogen) atoms. The van der Waals surface area contributed by atoms with Crippen LogP contribution >= 0.6 is 11.6 Å². The van der Waals surface area contributed by atoms with Gasteiger partial charge in [0.1, 0.15) is 11.5 Å². The minimum absolute atomic E-state index is 0.195. The topological polar surface area (TPSA) is 35.9 Å². The third kappa shape index (κ3) is 4.25. The highest BCUT2D eigenvalue weighted by atomic mass is 35.5. The lowest BCUT2D eigenvalue weighted by Crippen LogP contribution is -2.32. The van der Waals surface area contributed by atoms with Crippen LogP contribution in [0.3, 0.4) is 0 Å². The summed E-state index contributed by atoms with van der Waals surface area (Å²) in [5, 5.41) is 0.504. The summed E-state index contributed by atoms with van der Waals surface area (Å²) in [5.74, 6) is 0.379. The van der Waals surface area contributed by atoms with Crippen LogP contribution < -0.4 is 9.80 Å². The lowest BCUT2D eigenvalue weighted by Gasteiger charge is -2.21. The second kappa shape index (κ2) is 9.19. The Morgan fingerprint density at radius 1 is 0.903 bits per heavy atom. The molecule has 0 fully saturated rings. The number of hydrogen-bond donors (Lipinski definition) is 0. The minimum atomic E-state index is -0.195. The molecule has 1 aliphatic rings. The van der Waals surface area contributed by atoms with Crippen molar-refractivity contribution in [2.24, 2.45) is 4.99 Å². The number of nitrogens with zero attached hydrogens (tertiary/aromatic N) is 3. The zero-order chi connectivity index (χ0) is 21.8. The highest BCUT2D eigenvalue weighted by Gasteiger charge is 2.33. The highest BCUT2D eigenvalue weighted by Crippen LogP contribution is 2.32. The van der Waals surface area contributed by atoms with E-state index in [1.165, 1.54) is 0 Å². The summed E-state index contributed by atoms with van der Waals surface area (Å²) in [6, 6.07) is 25.2. The molecule has 5 heteroatoms. The normalized spacial score (nSPS) is 14.8. The van der Waals surface area contributed by atoms with Crippen LogP contribution in [-0.2, 0) is 4.79 Å². The number of hydrogen-bond acceptors (Lipinski definition) is 3. The number of benzene rings is 3. The van der Waals surface area contributed by atoms with Crippen molar-refractivity contribution in [3.63, 3.8) is 0 Å². The van der Waals surface area contributed by atoms with Crippen LogP contribution in [0.5, 0.6) is 0 Å². The Kier molecular flexibility index (Phi) is 6.19. The minimum Gasteiger partial charge on any atom is -0.372 e. The molecule has 0 unspecified atom stereocenters. The predicted octanol–water partition coefficient (Wildman–Crippen LogP) is 6.02. The average molecular weight is 430 g/mol. The van der Waals surface area contributed by atoms with Gasteiger partial charge in [-0.3, -0.25) is 9.69 Å². The third-order valence-corrected chi connectivity index (χ3v) is 5.63. The molecule has 0 saturated carbocycles. The molecule has 0 spiro atoms. The molecule has 0 saturated heterocycles. The Bertz CT molecular complexity index is 1130. The van der Waals surface area contributed by atoms with E-state index in [2.05, 4.69) is 30.9 Å². The largest absolute Gasteiger partial charge is 0.372 e. The smallest absolute Gasteiger partial charge is 0.282 e. The van der Waals surface area contributed by atoms with Crippen molar-refractivity contribution < 1.29 is 4.79 Å². The van der Waals surface area contributed by atoms with E-state index in [1.807, 2.05) is 66.7 Å². The number of amidine groups is 1. The molecular formula is C26H24ClN3O. The SMILES string of the molecule is CCN(CC)c1ccc(/C=C2/N=C(c3ccccc3)N(c3ccccc3Cl)C2=O)cc1. The lowest BCUT2D eigenvalue weighted by molar-refractivity contribution is -0.113. The molecule has 1 aliphatic heterocycles. The van der Waals surface area contributed by atoms with Gasteiger partial charge in [-0.25, -0.2) is 4.99 Å². The van der Waals surface area contributed by atoms with E-state index in [0.29, 0.717) is 22.2 Å². The molecule has 1 heterocycles. The van der Waals surface area contributed by atoms with Crippen LogP contribution in [0.25, 0.3) is 6.08 Å². The van der Waals surface area contributed by atoms with Gasteiger partial charge in [-0.05, 0) is 49.8 Å². The van der Waals surface area contributed by atoms with Gasteiger partial charge < -0.3 is 4.90 Å². The van der Waals surface area contributed by atoms with Crippen molar-refractivity contribution in [3.8, 4) is 0 Å². The number of carbonyl (C=O) groups excluding carboxylic acids is 1. The maximum absolute atomic E-state index is 13.4. The van der Waals surface area contributed by atoms with Gasteiger partial charge in [0.25, 0.3) is 5.91 Å². The number of aliphatic imine (C=N–C) groups is 1. The van der Waals surface area contributed by atoms with Crippen molar-refractivity contribution in [2.75, 3.05) is 22.9 Å². The summed E-state index contributed by atoms with van der Waals surface area (Å²) in [5.41, 5.74) is 3.95. The van der Waals surface area contributed by atoms with E-state index in [-0.39, 0.29) is 5.91 Å². The van der Waals surface area contributed by atoms with E-state index < -0.39 is 0 Å². The summed E-state index contributed by atoms with van der Waals surface area (Å²) in [6.45, 7) is 6.18. The number of carbonyl (C=O) groups is 1. The predicted molar refractivity (Wildman–Crippen MR) is 130 cm³/mol. The van der Waals surface area contributed by atoms with Crippen LogP contribution in [0.15, 0.2) is 89.6 Å². The number of para-hydroxylation sites is 1. The van der Waals surface area contributed by atoms with Crippen molar-refractivity contribution in [1.82, 2.24) is 0 Å². The van der Waals surface area contributed by atoms with Gasteiger partial charge in [0.2, 0.25) is 0 Å². The first-order valence-corrected chi connectivity index (χ1v) is 10.8. The van der Waals surface area contributed by atoms with E-state index in [9.17, 15) is 4.79 Å². The molecule has 0 radical (unpaired) electrons.